The normalized spacial score (nSPS) is 38.7. The fraction of sp³-hybridized carbons (Fsp3) is 1.00. The number of hydrogen-bond donors (Lipinski definition) is 1. The molecule has 2 saturated heterocycles. The van der Waals surface area contributed by atoms with E-state index in [9.17, 15) is 8.42 Å². The molecule has 0 aromatic rings. The van der Waals surface area contributed by atoms with Gasteiger partial charge < -0.3 is 5.32 Å². The van der Waals surface area contributed by atoms with E-state index in [4.69, 9.17) is 0 Å². The molecule has 2 aliphatic heterocycles. The Bertz CT molecular complexity index is 331. The molecular weight excluding hydrogens is 222 g/mol. The highest BCUT2D eigenvalue weighted by molar-refractivity contribution is 7.91. The summed E-state index contributed by atoms with van der Waals surface area (Å²) in [6, 6.07) is 0. The van der Waals surface area contributed by atoms with Crippen LogP contribution in [0.3, 0.4) is 0 Å². The Labute approximate surface area is 98.9 Å². The van der Waals surface area contributed by atoms with Gasteiger partial charge >= 0.3 is 0 Å². The summed E-state index contributed by atoms with van der Waals surface area (Å²) in [6.07, 6.45) is 6.60. The predicted molar refractivity (Wildman–Crippen MR) is 66.3 cm³/mol. The first kappa shape index (κ1) is 12.4. The smallest absolute Gasteiger partial charge is 0.150 e. The van der Waals surface area contributed by atoms with Crippen LogP contribution >= 0.6 is 0 Å². The summed E-state index contributed by atoms with van der Waals surface area (Å²) in [7, 11) is -2.77. The molecule has 1 N–H and O–H groups in total. The lowest BCUT2D eigenvalue weighted by Crippen LogP contribution is -2.50. The summed E-state index contributed by atoms with van der Waals surface area (Å²) >= 11 is 0. The fourth-order valence-electron chi connectivity index (χ4n) is 3.50. The summed E-state index contributed by atoms with van der Waals surface area (Å²) in [6.45, 7) is 3.26. The Morgan fingerprint density at radius 2 is 2.19 bits per heavy atom. The minimum atomic E-state index is -2.77. The van der Waals surface area contributed by atoms with Crippen molar-refractivity contribution in [3.05, 3.63) is 0 Å². The van der Waals surface area contributed by atoms with Gasteiger partial charge in [0.2, 0.25) is 0 Å². The molecule has 0 saturated carbocycles. The average Bonchev–Trinajstić information content (AvgIpc) is 2.67. The Morgan fingerprint density at radius 1 is 1.38 bits per heavy atom. The molecule has 2 atom stereocenters. The van der Waals surface area contributed by atoms with Crippen molar-refractivity contribution in [2.45, 2.75) is 51.0 Å². The highest BCUT2D eigenvalue weighted by Crippen LogP contribution is 2.37. The Morgan fingerprint density at radius 3 is 2.75 bits per heavy atom. The quantitative estimate of drug-likeness (QED) is 0.823. The second-order valence-corrected chi connectivity index (χ2v) is 7.62. The van der Waals surface area contributed by atoms with Gasteiger partial charge in [-0.2, -0.15) is 0 Å². The van der Waals surface area contributed by atoms with Crippen LogP contribution in [-0.2, 0) is 9.84 Å². The second kappa shape index (κ2) is 4.65. The summed E-state index contributed by atoms with van der Waals surface area (Å²) in [4.78, 5) is 0. The van der Waals surface area contributed by atoms with Crippen LogP contribution in [0.1, 0.15) is 45.4 Å². The van der Waals surface area contributed by atoms with Gasteiger partial charge in [0.25, 0.3) is 0 Å². The van der Waals surface area contributed by atoms with E-state index >= 15 is 0 Å². The Hall–Kier alpha value is -0.0900. The van der Waals surface area contributed by atoms with Crippen molar-refractivity contribution in [1.29, 1.82) is 0 Å². The molecule has 0 bridgehead atoms. The van der Waals surface area contributed by atoms with Gasteiger partial charge in [-0.1, -0.05) is 13.3 Å². The van der Waals surface area contributed by atoms with Crippen LogP contribution in [0.15, 0.2) is 0 Å². The van der Waals surface area contributed by atoms with Gasteiger partial charge in [0, 0.05) is 5.54 Å². The number of hydrogen-bond acceptors (Lipinski definition) is 3. The standard InChI is InChI=1S/C12H23NO2S/c1-2-6-12(7-4-8-13-12)11-5-3-9-16(14,15)10-11/h11,13H,2-10H2,1H3. The van der Waals surface area contributed by atoms with Crippen LogP contribution in [0, 0.1) is 5.92 Å². The van der Waals surface area contributed by atoms with Crippen LogP contribution < -0.4 is 5.32 Å². The van der Waals surface area contributed by atoms with Crippen molar-refractivity contribution in [3.63, 3.8) is 0 Å². The number of rotatable bonds is 3. The van der Waals surface area contributed by atoms with Crippen LogP contribution in [0.4, 0.5) is 0 Å². The van der Waals surface area contributed by atoms with Gasteiger partial charge in [-0.15, -0.1) is 0 Å². The summed E-state index contributed by atoms with van der Waals surface area (Å²) in [5.41, 5.74) is 0.141. The third-order valence-corrected chi connectivity index (χ3v) is 6.04. The fourth-order valence-corrected chi connectivity index (χ4v) is 5.37. The van der Waals surface area contributed by atoms with Gasteiger partial charge in [-0.25, -0.2) is 8.42 Å². The van der Waals surface area contributed by atoms with E-state index in [1.807, 2.05) is 0 Å². The molecule has 2 aliphatic rings. The molecule has 2 heterocycles. The van der Waals surface area contributed by atoms with E-state index in [0.717, 1.165) is 32.2 Å². The van der Waals surface area contributed by atoms with E-state index < -0.39 is 9.84 Å². The predicted octanol–water partition coefficient (Wildman–Crippen LogP) is 1.73. The maximum absolute atomic E-state index is 11.7. The lowest BCUT2D eigenvalue weighted by atomic mass is 9.77. The second-order valence-electron chi connectivity index (χ2n) is 5.39. The van der Waals surface area contributed by atoms with Crippen molar-refractivity contribution in [3.8, 4) is 0 Å². The zero-order valence-electron chi connectivity index (χ0n) is 10.2. The SMILES string of the molecule is CCCC1(C2CCCS(=O)(=O)C2)CCCN1. The van der Waals surface area contributed by atoms with E-state index in [1.165, 1.54) is 12.8 Å². The van der Waals surface area contributed by atoms with Gasteiger partial charge in [-0.3, -0.25) is 0 Å². The Kier molecular flexibility index (Phi) is 3.59. The summed E-state index contributed by atoms with van der Waals surface area (Å²) in [5.74, 6) is 1.18. The minimum absolute atomic E-state index is 0.141. The monoisotopic (exact) mass is 245 g/mol. The van der Waals surface area contributed by atoms with Gasteiger partial charge in [0.1, 0.15) is 0 Å². The van der Waals surface area contributed by atoms with Crippen molar-refractivity contribution in [2.75, 3.05) is 18.1 Å². The molecule has 0 amide bonds. The third-order valence-electron chi connectivity index (χ3n) is 4.22. The van der Waals surface area contributed by atoms with Gasteiger partial charge in [0.05, 0.1) is 11.5 Å². The molecule has 0 radical (unpaired) electrons. The van der Waals surface area contributed by atoms with E-state index in [2.05, 4.69) is 12.2 Å². The first-order chi connectivity index (χ1) is 7.58. The lowest BCUT2D eigenvalue weighted by Gasteiger charge is -2.40. The molecule has 4 heteroatoms. The molecule has 3 nitrogen and oxygen atoms in total. The highest BCUT2D eigenvalue weighted by atomic mass is 32.2. The van der Waals surface area contributed by atoms with Crippen molar-refractivity contribution >= 4 is 9.84 Å². The molecule has 16 heavy (non-hydrogen) atoms. The van der Waals surface area contributed by atoms with E-state index in [1.54, 1.807) is 0 Å². The van der Waals surface area contributed by atoms with Crippen molar-refractivity contribution in [2.24, 2.45) is 5.92 Å². The zero-order chi connectivity index (χ0) is 11.6. The Balaban J connectivity index is 2.14. The first-order valence-corrected chi connectivity index (χ1v) is 8.35. The summed E-state index contributed by atoms with van der Waals surface area (Å²) in [5, 5.41) is 3.61. The maximum Gasteiger partial charge on any atom is 0.150 e. The molecule has 2 rings (SSSR count). The minimum Gasteiger partial charge on any atom is -0.311 e. The number of sulfone groups is 1. The molecule has 0 spiro atoms. The number of nitrogens with one attached hydrogen (secondary N) is 1. The maximum atomic E-state index is 11.7. The van der Waals surface area contributed by atoms with Gasteiger partial charge in [-0.05, 0) is 44.6 Å². The van der Waals surface area contributed by atoms with Crippen LogP contribution in [0.2, 0.25) is 0 Å². The molecule has 0 aromatic heterocycles. The topological polar surface area (TPSA) is 46.2 Å². The summed E-state index contributed by atoms with van der Waals surface area (Å²) < 4.78 is 23.5. The van der Waals surface area contributed by atoms with Gasteiger partial charge in [0.15, 0.2) is 9.84 Å². The zero-order valence-corrected chi connectivity index (χ0v) is 11.0. The molecule has 94 valence electrons. The molecule has 2 unspecified atom stereocenters. The van der Waals surface area contributed by atoms with E-state index in [0.29, 0.717) is 17.4 Å². The lowest BCUT2D eigenvalue weighted by molar-refractivity contribution is 0.218. The van der Waals surface area contributed by atoms with E-state index in [-0.39, 0.29) is 5.54 Å². The average molecular weight is 245 g/mol. The first-order valence-electron chi connectivity index (χ1n) is 6.53. The van der Waals surface area contributed by atoms with Crippen LogP contribution in [0.5, 0.6) is 0 Å². The van der Waals surface area contributed by atoms with Crippen molar-refractivity contribution in [1.82, 2.24) is 5.32 Å². The van der Waals surface area contributed by atoms with Crippen molar-refractivity contribution < 1.29 is 8.42 Å². The van der Waals surface area contributed by atoms with Crippen LogP contribution in [0.25, 0.3) is 0 Å². The largest absolute Gasteiger partial charge is 0.311 e. The molecule has 2 fully saturated rings. The third kappa shape index (κ3) is 2.43. The molecule has 0 aromatic carbocycles. The van der Waals surface area contributed by atoms with Crippen LogP contribution in [-0.4, -0.2) is 32.0 Å². The highest BCUT2D eigenvalue weighted by Gasteiger charge is 2.43. The molecular formula is C12H23NO2S. The molecule has 0 aliphatic carbocycles.